The van der Waals surface area contributed by atoms with Gasteiger partial charge in [-0.2, -0.15) is 0 Å². The van der Waals surface area contributed by atoms with Gasteiger partial charge in [-0.25, -0.2) is 0 Å². The largest absolute Gasteiger partial charge is 0.508 e. The van der Waals surface area contributed by atoms with E-state index in [-0.39, 0.29) is 11.7 Å². The highest BCUT2D eigenvalue weighted by Gasteiger charge is 2.20. The van der Waals surface area contributed by atoms with Crippen LogP contribution in [-0.2, 0) is 6.54 Å². The Hall–Kier alpha value is -2.04. The van der Waals surface area contributed by atoms with E-state index in [4.69, 9.17) is 11.6 Å². The maximum atomic E-state index is 12.7. The first kappa shape index (κ1) is 15.8. The van der Waals surface area contributed by atoms with E-state index in [1.165, 1.54) is 11.3 Å². The molecule has 0 unspecified atom stereocenters. The number of phenols is 1. The molecule has 23 heavy (non-hydrogen) atoms. The van der Waals surface area contributed by atoms with Crippen LogP contribution in [0.25, 0.3) is 10.1 Å². The highest BCUT2D eigenvalue weighted by atomic mass is 35.5. The summed E-state index contributed by atoms with van der Waals surface area (Å²) in [4.78, 5) is 14.9. The number of aryl methyl sites for hydroxylation is 1. The monoisotopic (exact) mass is 345 g/mol. The van der Waals surface area contributed by atoms with Gasteiger partial charge in [0.2, 0.25) is 0 Å². The number of benzene rings is 2. The number of halogens is 1. The number of carbonyl (C=O) groups is 1. The number of phenolic OH excluding ortho intramolecular Hbond substituents is 1. The van der Waals surface area contributed by atoms with Crippen LogP contribution in [0.3, 0.4) is 0 Å². The van der Waals surface area contributed by atoms with Crippen molar-refractivity contribution in [1.82, 2.24) is 4.90 Å². The molecule has 1 aromatic heterocycles. The molecule has 0 saturated carbocycles. The van der Waals surface area contributed by atoms with E-state index >= 15 is 0 Å². The van der Waals surface area contributed by atoms with Gasteiger partial charge < -0.3 is 10.0 Å². The molecule has 0 aliphatic rings. The summed E-state index contributed by atoms with van der Waals surface area (Å²) in [5, 5.41) is 10.9. The highest BCUT2D eigenvalue weighted by molar-refractivity contribution is 7.21. The maximum absolute atomic E-state index is 12.7. The normalized spacial score (nSPS) is 10.9. The third-order valence-electron chi connectivity index (χ3n) is 3.66. The average Bonchev–Trinajstić information content (AvgIpc) is 2.82. The first-order valence-corrected chi connectivity index (χ1v) is 8.37. The minimum Gasteiger partial charge on any atom is -0.508 e. The van der Waals surface area contributed by atoms with Gasteiger partial charge in [-0.15, -0.1) is 11.3 Å². The van der Waals surface area contributed by atoms with Crippen LogP contribution in [0.4, 0.5) is 0 Å². The Morgan fingerprint density at radius 2 is 2.04 bits per heavy atom. The van der Waals surface area contributed by atoms with Crippen molar-refractivity contribution in [3.05, 3.63) is 63.5 Å². The lowest BCUT2D eigenvalue weighted by Crippen LogP contribution is -2.25. The number of hydrogen-bond acceptors (Lipinski definition) is 3. The first-order valence-electron chi connectivity index (χ1n) is 7.17. The molecule has 0 bridgehead atoms. The van der Waals surface area contributed by atoms with Gasteiger partial charge in [0.05, 0.1) is 5.02 Å². The summed E-state index contributed by atoms with van der Waals surface area (Å²) in [7, 11) is 1.73. The van der Waals surface area contributed by atoms with Crippen molar-refractivity contribution < 1.29 is 9.90 Å². The predicted molar refractivity (Wildman–Crippen MR) is 95.5 cm³/mol. The fourth-order valence-corrected chi connectivity index (χ4v) is 4.09. The SMILES string of the molecule is Cc1ccc2c(Cl)c(C(=O)N(C)Cc3cccc(O)c3)sc2c1. The summed E-state index contributed by atoms with van der Waals surface area (Å²) in [6.07, 6.45) is 0. The summed E-state index contributed by atoms with van der Waals surface area (Å²) >= 11 is 7.82. The standard InChI is InChI=1S/C18H16ClNO2S/c1-11-6-7-14-15(8-11)23-17(16(14)19)18(22)20(2)10-12-4-3-5-13(21)9-12/h3-9,21H,10H2,1-2H3. The van der Waals surface area contributed by atoms with E-state index in [1.54, 1.807) is 30.1 Å². The lowest BCUT2D eigenvalue weighted by Gasteiger charge is -2.16. The number of rotatable bonds is 3. The minimum absolute atomic E-state index is 0.114. The molecule has 3 rings (SSSR count). The number of nitrogens with zero attached hydrogens (tertiary/aromatic N) is 1. The zero-order valence-electron chi connectivity index (χ0n) is 12.8. The van der Waals surface area contributed by atoms with Crippen LogP contribution in [0.5, 0.6) is 5.75 Å². The third-order valence-corrected chi connectivity index (χ3v) is 5.30. The number of hydrogen-bond donors (Lipinski definition) is 1. The van der Waals surface area contributed by atoms with Gasteiger partial charge in [0.25, 0.3) is 5.91 Å². The van der Waals surface area contributed by atoms with Crippen molar-refractivity contribution in [3.8, 4) is 5.75 Å². The van der Waals surface area contributed by atoms with Crippen molar-refractivity contribution in [1.29, 1.82) is 0 Å². The van der Waals surface area contributed by atoms with E-state index in [1.807, 2.05) is 31.2 Å². The summed E-state index contributed by atoms with van der Waals surface area (Å²) in [5.41, 5.74) is 2.01. The van der Waals surface area contributed by atoms with Crippen LogP contribution in [0.2, 0.25) is 5.02 Å². The van der Waals surface area contributed by atoms with Crippen LogP contribution in [0.1, 0.15) is 20.8 Å². The minimum atomic E-state index is -0.114. The number of aromatic hydroxyl groups is 1. The Bertz CT molecular complexity index is 888. The van der Waals surface area contributed by atoms with E-state index in [0.717, 1.165) is 21.2 Å². The average molecular weight is 346 g/mol. The summed E-state index contributed by atoms with van der Waals surface area (Å²) in [6.45, 7) is 2.43. The summed E-state index contributed by atoms with van der Waals surface area (Å²) < 4.78 is 1.02. The molecule has 5 heteroatoms. The third kappa shape index (κ3) is 3.19. The number of thiophene rings is 1. The van der Waals surface area contributed by atoms with Crippen LogP contribution in [0, 0.1) is 6.92 Å². The van der Waals surface area contributed by atoms with Crippen LogP contribution < -0.4 is 0 Å². The molecule has 0 aliphatic carbocycles. The molecule has 2 aromatic carbocycles. The number of fused-ring (bicyclic) bond motifs is 1. The van der Waals surface area contributed by atoms with E-state index in [0.29, 0.717) is 16.4 Å². The van der Waals surface area contributed by atoms with Crippen molar-refractivity contribution >= 4 is 38.9 Å². The molecule has 1 heterocycles. The molecule has 1 amide bonds. The zero-order chi connectivity index (χ0) is 16.6. The quantitative estimate of drug-likeness (QED) is 0.737. The van der Waals surface area contributed by atoms with Crippen molar-refractivity contribution in [2.45, 2.75) is 13.5 Å². The Kier molecular flexibility index (Phi) is 4.28. The molecule has 3 aromatic rings. The molecular formula is C18H16ClNO2S. The van der Waals surface area contributed by atoms with Gasteiger partial charge in [-0.1, -0.05) is 35.9 Å². The summed E-state index contributed by atoms with van der Waals surface area (Å²) in [6, 6.07) is 12.9. The Balaban J connectivity index is 1.89. The van der Waals surface area contributed by atoms with Crippen molar-refractivity contribution in [2.75, 3.05) is 7.05 Å². The molecule has 118 valence electrons. The molecule has 0 atom stereocenters. The van der Waals surface area contributed by atoms with Crippen LogP contribution in [-0.4, -0.2) is 23.0 Å². The second kappa shape index (κ2) is 6.22. The lowest BCUT2D eigenvalue weighted by molar-refractivity contribution is 0.0790. The molecule has 0 radical (unpaired) electrons. The first-order chi connectivity index (χ1) is 11.0. The van der Waals surface area contributed by atoms with Crippen molar-refractivity contribution in [2.24, 2.45) is 0 Å². The fraction of sp³-hybridized carbons (Fsp3) is 0.167. The maximum Gasteiger partial charge on any atom is 0.265 e. The van der Waals surface area contributed by atoms with Gasteiger partial charge in [-0.3, -0.25) is 4.79 Å². The van der Waals surface area contributed by atoms with E-state index in [9.17, 15) is 9.90 Å². The topological polar surface area (TPSA) is 40.5 Å². The van der Waals surface area contributed by atoms with Crippen LogP contribution in [0.15, 0.2) is 42.5 Å². The fourth-order valence-electron chi connectivity index (χ4n) is 2.48. The molecule has 0 saturated heterocycles. The van der Waals surface area contributed by atoms with Gasteiger partial charge in [-0.05, 0) is 36.2 Å². The molecule has 0 aliphatic heterocycles. The second-order valence-electron chi connectivity index (χ2n) is 5.58. The van der Waals surface area contributed by atoms with E-state index < -0.39 is 0 Å². The predicted octanol–water partition coefficient (Wildman–Crippen LogP) is 4.84. The zero-order valence-corrected chi connectivity index (χ0v) is 14.4. The Morgan fingerprint density at radius 1 is 1.26 bits per heavy atom. The Morgan fingerprint density at radius 3 is 2.78 bits per heavy atom. The molecular weight excluding hydrogens is 330 g/mol. The molecule has 1 N–H and O–H groups in total. The lowest BCUT2D eigenvalue weighted by atomic mass is 10.2. The highest BCUT2D eigenvalue weighted by Crippen LogP contribution is 2.36. The van der Waals surface area contributed by atoms with Gasteiger partial charge in [0, 0.05) is 23.7 Å². The van der Waals surface area contributed by atoms with E-state index in [2.05, 4.69) is 0 Å². The number of carbonyl (C=O) groups excluding carboxylic acids is 1. The molecule has 0 spiro atoms. The summed E-state index contributed by atoms with van der Waals surface area (Å²) in [5.74, 6) is 0.0796. The van der Waals surface area contributed by atoms with Crippen LogP contribution >= 0.6 is 22.9 Å². The molecule has 3 nitrogen and oxygen atoms in total. The number of amides is 1. The van der Waals surface area contributed by atoms with Crippen molar-refractivity contribution in [3.63, 3.8) is 0 Å². The second-order valence-corrected chi connectivity index (χ2v) is 7.01. The van der Waals surface area contributed by atoms with Gasteiger partial charge >= 0.3 is 0 Å². The van der Waals surface area contributed by atoms with Gasteiger partial charge in [0.15, 0.2) is 0 Å². The Labute approximate surface area is 143 Å². The smallest absolute Gasteiger partial charge is 0.265 e. The van der Waals surface area contributed by atoms with Gasteiger partial charge in [0.1, 0.15) is 10.6 Å². The molecule has 0 fully saturated rings.